The SMILES string of the molecule is N[C@H]1CCCN(C(=O)c2ccccc2N2CCOCC2)C1. The summed E-state index contributed by atoms with van der Waals surface area (Å²) in [5.74, 6) is 0.104. The zero-order valence-corrected chi connectivity index (χ0v) is 12.3. The number of nitrogens with zero attached hydrogens (tertiary/aromatic N) is 2. The minimum absolute atomic E-state index is 0.104. The molecule has 2 heterocycles. The zero-order valence-electron chi connectivity index (χ0n) is 12.3. The Labute approximate surface area is 125 Å². The second kappa shape index (κ2) is 6.45. The molecule has 5 nitrogen and oxygen atoms in total. The maximum absolute atomic E-state index is 12.8. The van der Waals surface area contributed by atoms with Gasteiger partial charge in [0, 0.05) is 37.9 Å². The second-order valence-electron chi connectivity index (χ2n) is 5.77. The molecule has 1 aromatic rings. The minimum atomic E-state index is 0.104. The third kappa shape index (κ3) is 3.19. The van der Waals surface area contributed by atoms with Crippen LogP contribution in [0.2, 0.25) is 0 Å². The van der Waals surface area contributed by atoms with E-state index in [-0.39, 0.29) is 11.9 Å². The smallest absolute Gasteiger partial charge is 0.256 e. The Morgan fingerprint density at radius 1 is 1.19 bits per heavy atom. The molecule has 2 fully saturated rings. The number of para-hydroxylation sites is 1. The Bertz CT molecular complexity index is 500. The number of nitrogens with two attached hydrogens (primary N) is 1. The number of carbonyl (C=O) groups is 1. The van der Waals surface area contributed by atoms with E-state index in [1.165, 1.54) is 0 Å². The molecule has 1 amide bonds. The number of anilines is 1. The molecule has 0 saturated carbocycles. The molecule has 3 rings (SSSR count). The predicted molar refractivity (Wildman–Crippen MR) is 82.6 cm³/mol. The molecule has 0 radical (unpaired) electrons. The standard InChI is InChI=1S/C16H23N3O2/c17-13-4-3-7-19(12-13)16(20)14-5-1-2-6-15(14)18-8-10-21-11-9-18/h1-2,5-6,13H,3-4,7-12,17H2/t13-/m0/s1. The molecule has 0 unspecified atom stereocenters. The van der Waals surface area contributed by atoms with Crippen LogP contribution in [0.5, 0.6) is 0 Å². The first-order valence-corrected chi connectivity index (χ1v) is 7.72. The van der Waals surface area contributed by atoms with Crippen LogP contribution in [0.3, 0.4) is 0 Å². The van der Waals surface area contributed by atoms with E-state index in [1.54, 1.807) is 0 Å². The fraction of sp³-hybridized carbons (Fsp3) is 0.562. The topological polar surface area (TPSA) is 58.8 Å². The molecule has 0 aromatic heterocycles. The molecule has 1 atom stereocenters. The van der Waals surface area contributed by atoms with E-state index in [2.05, 4.69) is 4.90 Å². The average molecular weight is 289 g/mol. The van der Waals surface area contributed by atoms with Gasteiger partial charge >= 0.3 is 0 Å². The van der Waals surface area contributed by atoms with Crippen molar-refractivity contribution in [3.63, 3.8) is 0 Å². The number of carbonyl (C=O) groups excluding carboxylic acids is 1. The van der Waals surface area contributed by atoms with Crippen molar-refractivity contribution < 1.29 is 9.53 Å². The highest BCUT2D eigenvalue weighted by Gasteiger charge is 2.25. The van der Waals surface area contributed by atoms with Gasteiger partial charge in [-0.2, -0.15) is 0 Å². The van der Waals surface area contributed by atoms with Gasteiger partial charge in [-0.25, -0.2) is 0 Å². The second-order valence-corrected chi connectivity index (χ2v) is 5.77. The van der Waals surface area contributed by atoms with Gasteiger partial charge in [-0.05, 0) is 25.0 Å². The molecule has 0 aliphatic carbocycles. The lowest BCUT2D eigenvalue weighted by atomic mass is 10.0. The Morgan fingerprint density at radius 3 is 2.71 bits per heavy atom. The molecule has 21 heavy (non-hydrogen) atoms. The van der Waals surface area contributed by atoms with Gasteiger partial charge in [0.1, 0.15) is 0 Å². The number of benzene rings is 1. The molecule has 1 aromatic carbocycles. The van der Waals surface area contributed by atoms with E-state index in [1.807, 2.05) is 29.2 Å². The number of rotatable bonds is 2. The Kier molecular flexibility index (Phi) is 4.41. The number of hydrogen-bond donors (Lipinski definition) is 1. The summed E-state index contributed by atoms with van der Waals surface area (Å²) in [6, 6.07) is 7.98. The van der Waals surface area contributed by atoms with Gasteiger partial charge < -0.3 is 20.3 Å². The van der Waals surface area contributed by atoms with Gasteiger partial charge in [-0.1, -0.05) is 12.1 Å². The van der Waals surface area contributed by atoms with Gasteiger partial charge in [0.2, 0.25) is 0 Å². The van der Waals surface area contributed by atoms with E-state index in [9.17, 15) is 4.79 Å². The highest BCUT2D eigenvalue weighted by Crippen LogP contribution is 2.24. The van der Waals surface area contributed by atoms with Crippen molar-refractivity contribution in [2.24, 2.45) is 5.73 Å². The Morgan fingerprint density at radius 2 is 1.95 bits per heavy atom. The van der Waals surface area contributed by atoms with Crippen molar-refractivity contribution in [2.45, 2.75) is 18.9 Å². The third-order valence-corrected chi connectivity index (χ3v) is 4.23. The van der Waals surface area contributed by atoms with Gasteiger partial charge in [0.05, 0.1) is 18.8 Å². The summed E-state index contributed by atoms with van der Waals surface area (Å²) in [5, 5.41) is 0. The van der Waals surface area contributed by atoms with Crippen LogP contribution >= 0.6 is 0 Å². The number of amides is 1. The number of hydrogen-bond acceptors (Lipinski definition) is 4. The summed E-state index contributed by atoms with van der Waals surface area (Å²) in [4.78, 5) is 17.0. The summed E-state index contributed by atoms with van der Waals surface area (Å²) < 4.78 is 5.40. The summed E-state index contributed by atoms with van der Waals surface area (Å²) in [6.07, 6.45) is 2.00. The quantitative estimate of drug-likeness (QED) is 0.885. The number of ether oxygens (including phenoxy) is 1. The van der Waals surface area contributed by atoms with Crippen LogP contribution in [0.25, 0.3) is 0 Å². The highest BCUT2D eigenvalue weighted by molar-refractivity contribution is 6.00. The number of morpholine rings is 1. The van der Waals surface area contributed by atoms with Crippen LogP contribution in [0.4, 0.5) is 5.69 Å². The van der Waals surface area contributed by atoms with Crippen LogP contribution < -0.4 is 10.6 Å². The maximum atomic E-state index is 12.8. The van der Waals surface area contributed by atoms with Gasteiger partial charge in [0.25, 0.3) is 5.91 Å². The van der Waals surface area contributed by atoms with Crippen molar-refractivity contribution >= 4 is 11.6 Å². The highest BCUT2D eigenvalue weighted by atomic mass is 16.5. The van der Waals surface area contributed by atoms with Crippen LogP contribution in [0.1, 0.15) is 23.2 Å². The largest absolute Gasteiger partial charge is 0.378 e. The molecule has 2 aliphatic heterocycles. The summed E-state index contributed by atoms with van der Waals surface area (Å²) in [5.41, 5.74) is 7.81. The molecule has 0 bridgehead atoms. The lowest BCUT2D eigenvalue weighted by molar-refractivity contribution is 0.0708. The molecule has 114 valence electrons. The van der Waals surface area contributed by atoms with Gasteiger partial charge in [-0.15, -0.1) is 0 Å². The number of likely N-dealkylation sites (tertiary alicyclic amines) is 1. The van der Waals surface area contributed by atoms with E-state index in [0.29, 0.717) is 6.54 Å². The van der Waals surface area contributed by atoms with Crippen LogP contribution in [-0.2, 0) is 4.74 Å². The summed E-state index contributed by atoms with van der Waals surface area (Å²) in [7, 11) is 0. The summed E-state index contributed by atoms with van der Waals surface area (Å²) >= 11 is 0. The van der Waals surface area contributed by atoms with Crippen molar-refractivity contribution in [1.29, 1.82) is 0 Å². The number of piperidine rings is 1. The fourth-order valence-corrected chi connectivity index (χ4v) is 3.10. The third-order valence-electron chi connectivity index (χ3n) is 4.23. The normalized spacial score (nSPS) is 23.2. The zero-order chi connectivity index (χ0) is 14.7. The molecule has 2 saturated heterocycles. The van der Waals surface area contributed by atoms with E-state index >= 15 is 0 Å². The van der Waals surface area contributed by atoms with Crippen LogP contribution in [0, 0.1) is 0 Å². The van der Waals surface area contributed by atoms with E-state index in [0.717, 1.165) is 56.9 Å². The Balaban J connectivity index is 1.82. The molecule has 2 aliphatic rings. The molecular formula is C16H23N3O2. The first kappa shape index (κ1) is 14.4. The lowest BCUT2D eigenvalue weighted by Crippen LogP contribution is -2.46. The van der Waals surface area contributed by atoms with Gasteiger partial charge in [0.15, 0.2) is 0 Å². The molecule has 0 spiro atoms. The predicted octanol–water partition coefficient (Wildman–Crippen LogP) is 1.09. The molecular weight excluding hydrogens is 266 g/mol. The average Bonchev–Trinajstić information content (AvgIpc) is 2.55. The van der Waals surface area contributed by atoms with Crippen LogP contribution in [-0.4, -0.2) is 56.2 Å². The lowest BCUT2D eigenvalue weighted by Gasteiger charge is -2.34. The Hall–Kier alpha value is -1.59. The minimum Gasteiger partial charge on any atom is -0.378 e. The van der Waals surface area contributed by atoms with E-state index in [4.69, 9.17) is 10.5 Å². The van der Waals surface area contributed by atoms with Crippen LogP contribution in [0.15, 0.2) is 24.3 Å². The first-order valence-electron chi connectivity index (χ1n) is 7.72. The summed E-state index contributed by atoms with van der Waals surface area (Å²) in [6.45, 7) is 4.59. The van der Waals surface area contributed by atoms with Crippen molar-refractivity contribution in [3.8, 4) is 0 Å². The first-order chi connectivity index (χ1) is 10.3. The molecule has 2 N–H and O–H groups in total. The van der Waals surface area contributed by atoms with Crippen molar-refractivity contribution in [1.82, 2.24) is 4.90 Å². The fourth-order valence-electron chi connectivity index (χ4n) is 3.10. The maximum Gasteiger partial charge on any atom is 0.256 e. The monoisotopic (exact) mass is 289 g/mol. The van der Waals surface area contributed by atoms with Gasteiger partial charge in [-0.3, -0.25) is 4.79 Å². The van der Waals surface area contributed by atoms with Crippen molar-refractivity contribution in [2.75, 3.05) is 44.3 Å². The van der Waals surface area contributed by atoms with Crippen molar-refractivity contribution in [3.05, 3.63) is 29.8 Å². The molecule has 5 heteroatoms. The van der Waals surface area contributed by atoms with E-state index < -0.39 is 0 Å².